The molecule has 1 aromatic rings. The third kappa shape index (κ3) is 2.70. The second kappa shape index (κ2) is 4.43. The topological polar surface area (TPSA) is 3.24 Å². The van der Waals surface area contributed by atoms with Gasteiger partial charge < -0.3 is 9.38 Å². The Labute approximate surface area is 105 Å². The Morgan fingerprint density at radius 3 is 2.29 bits per heavy atom. The number of likely N-dealkylation sites (N-methyl/N-ethyl adjacent to an activating group) is 2. The second-order valence-electron chi connectivity index (χ2n) is 6.45. The number of hydrogen-bond acceptors (Lipinski definition) is 1. The van der Waals surface area contributed by atoms with Crippen LogP contribution >= 0.6 is 0 Å². The molecule has 1 aromatic carbocycles. The van der Waals surface area contributed by atoms with Crippen LogP contribution in [0, 0.1) is 0 Å². The highest BCUT2D eigenvalue weighted by atomic mass is 15.3. The fraction of sp³-hybridized carbons (Fsp3) is 0.600. The van der Waals surface area contributed by atoms with Crippen molar-refractivity contribution in [2.24, 2.45) is 0 Å². The van der Waals surface area contributed by atoms with Crippen LogP contribution in [0.3, 0.4) is 0 Å². The smallest absolute Gasteiger partial charge is 0.0895 e. The summed E-state index contributed by atoms with van der Waals surface area (Å²) in [5.41, 5.74) is 1.85. The van der Waals surface area contributed by atoms with E-state index in [9.17, 15) is 0 Å². The van der Waals surface area contributed by atoms with Crippen LogP contribution in [0.4, 0.5) is 0 Å². The van der Waals surface area contributed by atoms with Gasteiger partial charge in [-0.15, -0.1) is 0 Å². The Morgan fingerprint density at radius 2 is 1.82 bits per heavy atom. The van der Waals surface area contributed by atoms with Crippen LogP contribution in [0.5, 0.6) is 0 Å². The number of quaternary nitrogens is 1. The van der Waals surface area contributed by atoms with Crippen LogP contribution in [0.2, 0.25) is 0 Å². The van der Waals surface area contributed by atoms with Crippen LogP contribution in [-0.2, 0) is 5.41 Å². The van der Waals surface area contributed by atoms with E-state index in [0.717, 1.165) is 11.0 Å². The molecule has 0 bridgehead atoms. The second-order valence-corrected chi connectivity index (χ2v) is 6.45. The van der Waals surface area contributed by atoms with Crippen molar-refractivity contribution in [3.63, 3.8) is 0 Å². The van der Waals surface area contributed by atoms with E-state index >= 15 is 0 Å². The van der Waals surface area contributed by atoms with Gasteiger partial charge in [-0.3, -0.25) is 0 Å². The Balaban J connectivity index is 2.32. The SMILES string of the molecule is CN(C)C[C@]1(c2ccccc2)CC[N+](C)(C)C1. The first kappa shape index (κ1) is 12.6. The van der Waals surface area contributed by atoms with Crippen LogP contribution in [-0.4, -0.2) is 57.2 Å². The zero-order chi connectivity index (χ0) is 12.5. The molecule has 0 N–H and O–H groups in total. The summed E-state index contributed by atoms with van der Waals surface area (Å²) < 4.78 is 1.14. The van der Waals surface area contributed by atoms with Gasteiger partial charge >= 0.3 is 0 Å². The Morgan fingerprint density at radius 1 is 1.18 bits per heavy atom. The minimum Gasteiger partial charge on any atom is -0.328 e. The first-order chi connectivity index (χ1) is 7.94. The lowest BCUT2D eigenvalue weighted by atomic mass is 9.79. The minimum atomic E-state index is 0.342. The van der Waals surface area contributed by atoms with Crippen LogP contribution < -0.4 is 0 Å². The van der Waals surface area contributed by atoms with E-state index in [0.29, 0.717) is 5.41 Å². The molecule has 1 atom stereocenters. The molecule has 2 heteroatoms. The third-order valence-corrected chi connectivity index (χ3v) is 3.93. The van der Waals surface area contributed by atoms with E-state index in [1.807, 2.05) is 0 Å². The maximum absolute atomic E-state index is 2.35. The summed E-state index contributed by atoms with van der Waals surface area (Å²) in [5, 5.41) is 0. The number of rotatable bonds is 3. The highest BCUT2D eigenvalue weighted by molar-refractivity contribution is 5.27. The van der Waals surface area contributed by atoms with Crippen molar-refractivity contribution in [3.8, 4) is 0 Å². The zero-order valence-electron chi connectivity index (χ0n) is 11.6. The van der Waals surface area contributed by atoms with Gasteiger partial charge in [0.2, 0.25) is 0 Å². The molecule has 1 aliphatic heterocycles. The standard InChI is InChI=1S/C15H25N2/c1-16(2)12-15(10-11-17(3,4)13-15)14-8-6-5-7-9-14/h5-9H,10-13H2,1-4H3/q+1/t15-/m1/s1. The summed E-state index contributed by atoms with van der Waals surface area (Å²) in [7, 11) is 9.06. The molecule has 2 rings (SSSR count). The van der Waals surface area contributed by atoms with Crippen molar-refractivity contribution in [2.75, 3.05) is 47.8 Å². The summed E-state index contributed by atoms with van der Waals surface area (Å²) in [6, 6.07) is 11.1. The van der Waals surface area contributed by atoms with E-state index in [1.165, 1.54) is 25.1 Å². The first-order valence-corrected chi connectivity index (χ1v) is 6.46. The molecule has 0 unspecified atom stereocenters. The molecule has 1 aliphatic rings. The maximum Gasteiger partial charge on any atom is 0.0895 e. The highest BCUT2D eigenvalue weighted by Gasteiger charge is 2.45. The Kier molecular flexibility index (Phi) is 3.28. The van der Waals surface area contributed by atoms with Crippen LogP contribution in [0.25, 0.3) is 0 Å². The summed E-state index contributed by atoms with van der Waals surface area (Å²) >= 11 is 0. The van der Waals surface area contributed by atoms with Gasteiger partial charge in [-0.1, -0.05) is 30.3 Å². The molecule has 0 aliphatic carbocycles. The number of hydrogen-bond donors (Lipinski definition) is 0. The lowest BCUT2D eigenvalue weighted by Crippen LogP contribution is -2.45. The van der Waals surface area contributed by atoms with E-state index in [4.69, 9.17) is 0 Å². The summed E-state index contributed by atoms with van der Waals surface area (Å²) in [6.07, 6.45) is 1.29. The van der Waals surface area contributed by atoms with Gasteiger partial charge in [0.05, 0.1) is 32.6 Å². The van der Waals surface area contributed by atoms with Crippen molar-refractivity contribution < 1.29 is 4.48 Å². The molecular formula is C15H25N2+. The molecule has 0 radical (unpaired) electrons. The van der Waals surface area contributed by atoms with Gasteiger partial charge in [-0.2, -0.15) is 0 Å². The fourth-order valence-corrected chi connectivity index (χ4v) is 3.35. The van der Waals surface area contributed by atoms with Crippen molar-refractivity contribution in [1.82, 2.24) is 4.90 Å². The highest BCUT2D eigenvalue weighted by Crippen LogP contribution is 2.37. The monoisotopic (exact) mass is 233 g/mol. The average Bonchev–Trinajstić information content (AvgIpc) is 2.56. The average molecular weight is 233 g/mol. The van der Waals surface area contributed by atoms with Crippen molar-refractivity contribution in [1.29, 1.82) is 0 Å². The van der Waals surface area contributed by atoms with E-state index in [1.54, 1.807) is 0 Å². The number of likely N-dealkylation sites (tertiary alicyclic amines) is 1. The molecule has 1 saturated heterocycles. The molecule has 94 valence electrons. The fourth-order valence-electron chi connectivity index (χ4n) is 3.35. The zero-order valence-corrected chi connectivity index (χ0v) is 11.6. The molecule has 2 nitrogen and oxygen atoms in total. The molecule has 0 aromatic heterocycles. The summed E-state index contributed by atoms with van der Waals surface area (Å²) in [6.45, 7) is 3.68. The van der Waals surface area contributed by atoms with E-state index < -0.39 is 0 Å². The maximum atomic E-state index is 2.35. The minimum absolute atomic E-state index is 0.342. The quantitative estimate of drug-likeness (QED) is 0.722. The normalized spacial score (nSPS) is 27.6. The van der Waals surface area contributed by atoms with Crippen LogP contribution in [0.1, 0.15) is 12.0 Å². The van der Waals surface area contributed by atoms with E-state index in [-0.39, 0.29) is 0 Å². The predicted molar refractivity (Wildman–Crippen MR) is 73.1 cm³/mol. The van der Waals surface area contributed by atoms with Crippen molar-refractivity contribution in [2.45, 2.75) is 11.8 Å². The molecule has 1 heterocycles. The van der Waals surface area contributed by atoms with Gasteiger partial charge in [0.25, 0.3) is 0 Å². The molecule has 1 fully saturated rings. The predicted octanol–water partition coefficient (Wildman–Crippen LogP) is 1.97. The first-order valence-electron chi connectivity index (χ1n) is 6.46. The Hall–Kier alpha value is -0.860. The largest absolute Gasteiger partial charge is 0.328 e. The van der Waals surface area contributed by atoms with Gasteiger partial charge in [0.1, 0.15) is 0 Å². The van der Waals surface area contributed by atoms with Crippen molar-refractivity contribution in [3.05, 3.63) is 35.9 Å². The number of benzene rings is 1. The number of nitrogens with zero attached hydrogens (tertiary/aromatic N) is 2. The van der Waals surface area contributed by atoms with Gasteiger partial charge in [-0.25, -0.2) is 0 Å². The molecular weight excluding hydrogens is 208 g/mol. The van der Waals surface area contributed by atoms with Crippen molar-refractivity contribution >= 4 is 0 Å². The summed E-state index contributed by atoms with van der Waals surface area (Å²) in [4.78, 5) is 2.33. The molecule has 0 amide bonds. The lowest BCUT2D eigenvalue weighted by Gasteiger charge is -2.33. The molecule has 17 heavy (non-hydrogen) atoms. The van der Waals surface area contributed by atoms with Gasteiger partial charge in [0.15, 0.2) is 0 Å². The summed E-state index contributed by atoms with van der Waals surface area (Å²) in [5.74, 6) is 0. The molecule has 0 saturated carbocycles. The van der Waals surface area contributed by atoms with Gasteiger partial charge in [-0.05, 0) is 19.7 Å². The lowest BCUT2D eigenvalue weighted by molar-refractivity contribution is -0.879. The van der Waals surface area contributed by atoms with E-state index in [2.05, 4.69) is 63.4 Å². The Bertz CT molecular complexity index is 370. The van der Waals surface area contributed by atoms with Crippen LogP contribution in [0.15, 0.2) is 30.3 Å². The third-order valence-electron chi connectivity index (χ3n) is 3.93. The molecule has 0 spiro atoms. The van der Waals surface area contributed by atoms with Gasteiger partial charge in [0, 0.05) is 13.0 Å².